The van der Waals surface area contributed by atoms with Gasteiger partial charge in [0.1, 0.15) is 6.61 Å². The minimum absolute atomic E-state index is 0.0570. The number of carbonyl (C=O) groups is 6. The van der Waals surface area contributed by atoms with Gasteiger partial charge in [0, 0.05) is 29.5 Å². The second-order valence-electron chi connectivity index (χ2n) is 17.6. The van der Waals surface area contributed by atoms with Gasteiger partial charge in [-0.3, -0.25) is 14.4 Å². The summed E-state index contributed by atoms with van der Waals surface area (Å²) in [5.74, 6) is 2.49. The third kappa shape index (κ3) is 6.03. The minimum Gasteiger partial charge on any atom is -0.550 e. The Labute approximate surface area is 315 Å². The van der Waals surface area contributed by atoms with Crippen molar-refractivity contribution in [1.29, 1.82) is 0 Å². The van der Waals surface area contributed by atoms with E-state index in [1.165, 1.54) is 32.1 Å². The average Bonchev–Trinajstić information content (AvgIpc) is 4.01. The lowest BCUT2D eigenvalue weighted by molar-refractivity contribution is -0.316. The molecule has 0 spiro atoms. The molecule has 11 aliphatic rings. The third-order valence-electron chi connectivity index (χ3n) is 15.6. The molecular weight excluding hydrogens is 692 g/mol. The summed E-state index contributed by atoms with van der Waals surface area (Å²) in [6.07, 6.45) is 28.4. The molecule has 7 fully saturated rings. The molecule has 11 rings (SSSR count). The lowest BCUT2D eigenvalue weighted by atomic mass is 9.49. The van der Waals surface area contributed by atoms with Gasteiger partial charge in [-0.1, -0.05) is 49.8 Å². The Bertz CT molecular complexity index is 1660. The first-order valence-electron chi connectivity index (χ1n) is 20.2. The van der Waals surface area contributed by atoms with Crippen molar-refractivity contribution >= 4 is 35.8 Å². The fourth-order valence-corrected chi connectivity index (χ4v) is 13.7. The van der Waals surface area contributed by atoms with Gasteiger partial charge in [0.05, 0.1) is 24.4 Å². The van der Waals surface area contributed by atoms with Crippen LogP contribution in [-0.2, 0) is 43.0 Å². The van der Waals surface area contributed by atoms with Crippen LogP contribution in [0.5, 0.6) is 0 Å². The highest BCUT2D eigenvalue weighted by molar-refractivity contribution is 6.05. The SMILES string of the molecule is CCC1(C23C=CC(CC2C(=O)[O-])C3)CC2CC1C1CCCC21.O=C(OCCO)C1CC2C=CC1C2.O=C1C=CC(=O)O1.O=C1OC(=O)C2C1[C@@H]1C=C[C@H]2C1. The molecule has 0 radical (unpaired) electrons. The molecule has 290 valence electrons. The highest BCUT2D eigenvalue weighted by atomic mass is 16.6. The number of cyclic esters (lactones) is 4. The van der Waals surface area contributed by atoms with Crippen LogP contribution in [0, 0.1) is 87.8 Å². The topological polar surface area (TPSA) is 173 Å². The summed E-state index contributed by atoms with van der Waals surface area (Å²) in [5, 5.41) is 20.4. The van der Waals surface area contributed by atoms with Crippen molar-refractivity contribution in [2.24, 2.45) is 87.8 Å². The number of carboxylic acids is 1. The van der Waals surface area contributed by atoms with E-state index in [9.17, 15) is 33.9 Å². The van der Waals surface area contributed by atoms with E-state index in [-0.39, 0.29) is 77.5 Å². The molecule has 6 saturated carbocycles. The number of aliphatic hydroxyl groups is 1. The maximum atomic E-state index is 11.9. The van der Waals surface area contributed by atoms with E-state index in [0.717, 1.165) is 74.3 Å². The van der Waals surface area contributed by atoms with Crippen molar-refractivity contribution in [3.8, 4) is 0 Å². The van der Waals surface area contributed by atoms with Crippen molar-refractivity contribution < 1.29 is 53.2 Å². The summed E-state index contributed by atoms with van der Waals surface area (Å²) < 4.78 is 13.5. The first kappa shape index (κ1) is 37.1. The third-order valence-corrected chi connectivity index (χ3v) is 15.6. The van der Waals surface area contributed by atoms with Gasteiger partial charge in [0.25, 0.3) is 0 Å². The van der Waals surface area contributed by atoms with Gasteiger partial charge in [-0.2, -0.15) is 0 Å². The monoisotopic (exact) mass is 743 g/mol. The van der Waals surface area contributed by atoms with Gasteiger partial charge in [-0.05, 0) is 123 Å². The zero-order valence-corrected chi connectivity index (χ0v) is 30.8. The van der Waals surface area contributed by atoms with E-state index < -0.39 is 17.9 Å². The van der Waals surface area contributed by atoms with Crippen LogP contribution >= 0.6 is 0 Å². The number of esters is 5. The zero-order valence-electron chi connectivity index (χ0n) is 30.8. The molecule has 2 aliphatic heterocycles. The summed E-state index contributed by atoms with van der Waals surface area (Å²) in [5.41, 5.74) is 0.188. The predicted octanol–water partition coefficient (Wildman–Crippen LogP) is 4.04. The number of carboxylic acid groups (broad SMARTS) is 1. The molecule has 0 amide bonds. The number of hydrogen-bond acceptors (Lipinski definition) is 11. The van der Waals surface area contributed by atoms with Crippen LogP contribution in [0.1, 0.15) is 77.6 Å². The highest BCUT2D eigenvalue weighted by Gasteiger charge is 2.70. The molecule has 8 bridgehead atoms. The Hall–Kier alpha value is -3.86. The van der Waals surface area contributed by atoms with Crippen LogP contribution in [0.25, 0.3) is 0 Å². The molecule has 1 N–H and O–H groups in total. The molecule has 54 heavy (non-hydrogen) atoms. The number of allylic oxidation sites excluding steroid dienone is 6. The molecule has 9 aliphatic carbocycles. The maximum absolute atomic E-state index is 11.9. The quantitative estimate of drug-likeness (QED) is 0.180. The van der Waals surface area contributed by atoms with Gasteiger partial charge in [0.2, 0.25) is 0 Å². The number of rotatable bonds is 6. The molecule has 13 unspecified atom stereocenters. The van der Waals surface area contributed by atoms with E-state index >= 15 is 0 Å². The van der Waals surface area contributed by atoms with Crippen LogP contribution in [0.15, 0.2) is 48.6 Å². The predicted molar refractivity (Wildman–Crippen MR) is 189 cm³/mol. The summed E-state index contributed by atoms with van der Waals surface area (Å²) in [4.78, 5) is 65.5. The summed E-state index contributed by atoms with van der Waals surface area (Å²) in [6, 6.07) is 0. The van der Waals surface area contributed by atoms with Crippen molar-refractivity contribution in [2.75, 3.05) is 13.2 Å². The average molecular weight is 744 g/mol. The number of carbonyl (C=O) groups excluding carboxylic acids is 6. The Morgan fingerprint density at radius 3 is 2.06 bits per heavy atom. The Balaban J connectivity index is 0.000000111. The highest BCUT2D eigenvalue weighted by Crippen LogP contribution is 2.76. The number of aliphatic carboxylic acids is 1. The minimum atomic E-state index is -0.773. The lowest BCUT2D eigenvalue weighted by Gasteiger charge is -2.55. The fraction of sp³-hybridized carbons (Fsp3) is 0.674. The van der Waals surface area contributed by atoms with Crippen LogP contribution in [-0.4, -0.2) is 54.1 Å². The molecule has 2 heterocycles. The van der Waals surface area contributed by atoms with Gasteiger partial charge in [-0.25, -0.2) is 9.59 Å². The Morgan fingerprint density at radius 2 is 1.50 bits per heavy atom. The lowest BCUT2D eigenvalue weighted by Crippen LogP contribution is -2.53. The molecule has 11 heteroatoms. The maximum Gasteiger partial charge on any atom is 0.338 e. The first-order chi connectivity index (χ1) is 26.0. The largest absolute Gasteiger partial charge is 0.550 e. The van der Waals surface area contributed by atoms with Crippen molar-refractivity contribution in [1.82, 2.24) is 0 Å². The number of ether oxygens (including phenoxy) is 3. The molecule has 1 saturated heterocycles. The van der Waals surface area contributed by atoms with E-state index in [1.807, 2.05) is 12.2 Å². The zero-order chi connectivity index (χ0) is 37.9. The Kier molecular flexibility index (Phi) is 9.84. The standard InChI is InChI=1S/C20H28O2.C10H14O3.C9H8O3.C4H2O3/c1-2-19(11-13-9-16(19)15-5-3-4-14(13)15)20-7-6-12(10-20)8-17(20)18(21)22;11-3-4-13-10(12)9-6-7-1-2-8(9)5-7;10-8-6-4-1-2-5(3-4)7(6)9(11)12-8;5-3-1-2-4(6)7-3/h6-7,12-17H,2-5,8-11H2,1H3,(H,21,22);1-2,7-9,11H,3-6H2;1-2,4-7H,3H2;1-2H/p-1/t;;4-,5+,6?,7?;. The van der Waals surface area contributed by atoms with E-state index in [2.05, 4.69) is 40.7 Å². The van der Waals surface area contributed by atoms with Crippen molar-refractivity contribution in [3.63, 3.8) is 0 Å². The van der Waals surface area contributed by atoms with Crippen molar-refractivity contribution in [2.45, 2.75) is 77.6 Å². The van der Waals surface area contributed by atoms with E-state index in [1.54, 1.807) is 0 Å². The smallest absolute Gasteiger partial charge is 0.338 e. The number of fused-ring (bicyclic) bond motifs is 14. The van der Waals surface area contributed by atoms with Crippen LogP contribution in [0.4, 0.5) is 0 Å². The number of aliphatic hydroxyl groups excluding tert-OH is 1. The molecule has 0 aromatic carbocycles. The van der Waals surface area contributed by atoms with Gasteiger partial charge in [-0.15, -0.1) is 0 Å². The summed E-state index contributed by atoms with van der Waals surface area (Å²) in [7, 11) is 0. The number of hydrogen-bond donors (Lipinski definition) is 1. The van der Waals surface area contributed by atoms with E-state index in [0.29, 0.717) is 17.8 Å². The van der Waals surface area contributed by atoms with Crippen LogP contribution in [0.2, 0.25) is 0 Å². The molecule has 0 aromatic heterocycles. The van der Waals surface area contributed by atoms with Crippen molar-refractivity contribution in [3.05, 3.63) is 48.6 Å². The summed E-state index contributed by atoms with van der Waals surface area (Å²) >= 11 is 0. The van der Waals surface area contributed by atoms with Crippen LogP contribution in [0.3, 0.4) is 0 Å². The molecule has 11 nitrogen and oxygen atoms in total. The summed E-state index contributed by atoms with van der Waals surface area (Å²) in [6.45, 7) is 2.39. The molecule has 0 aromatic rings. The Morgan fingerprint density at radius 1 is 0.815 bits per heavy atom. The fourth-order valence-electron chi connectivity index (χ4n) is 13.7. The van der Waals surface area contributed by atoms with E-state index in [4.69, 9.17) is 9.84 Å². The first-order valence-corrected chi connectivity index (χ1v) is 20.2. The molecule has 15 atom stereocenters. The normalized spacial score (nSPS) is 45.0. The second-order valence-corrected chi connectivity index (χ2v) is 17.6. The van der Waals surface area contributed by atoms with Gasteiger partial charge >= 0.3 is 29.8 Å². The van der Waals surface area contributed by atoms with Gasteiger partial charge in [0.15, 0.2) is 0 Å². The van der Waals surface area contributed by atoms with Crippen LogP contribution < -0.4 is 5.11 Å². The van der Waals surface area contributed by atoms with Gasteiger partial charge < -0.3 is 29.2 Å². The molecular formula is C43H51O11-. The second kappa shape index (κ2) is 14.3.